The maximum atomic E-state index is 8.84. The molecule has 0 amide bonds. The van der Waals surface area contributed by atoms with E-state index in [-0.39, 0.29) is 18.1 Å². The molecule has 0 heterocycles. The summed E-state index contributed by atoms with van der Waals surface area (Å²) < 4.78 is 5.80. The van der Waals surface area contributed by atoms with Crippen LogP contribution in [0.25, 0.3) is 0 Å². The van der Waals surface area contributed by atoms with E-state index in [4.69, 9.17) is 9.53 Å². The van der Waals surface area contributed by atoms with Gasteiger partial charge in [-0.1, -0.05) is 20.8 Å². The quantitative estimate of drug-likeness (QED) is 0.686. The van der Waals surface area contributed by atoms with E-state index in [0.29, 0.717) is 0 Å². The van der Waals surface area contributed by atoms with Crippen LogP contribution in [0.5, 0.6) is 0 Å². The van der Waals surface area contributed by atoms with Crippen LogP contribution in [0.15, 0.2) is 0 Å². The van der Waals surface area contributed by atoms with Crippen LogP contribution in [0, 0.1) is 5.41 Å². The van der Waals surface area contributed by atoms with Crippen LogP contribution in [-0.4, -0.2) is 26.9 Å². The normalized spacial score (nSPS) is 15.2. The zero-order chi connectivity index (χ0) is 9.78. The van der Waals surface area contributed by atoms with Gasteiger partial charge in [0.1, 0.15) is 0 Å². The van der Waals surface area contributed by atoms with Gasteiger partial charge in [-0.15, -0.1) is 0 Å². The molecule has 0 rings (SSSR count). The van der Waals surface area contributed by atoms with Crippen molar-refractivity contribution in [3.05, 3.63) is 0 Å². The lowest BCUT2D eigenvalue weighted by molar-refractivity contribution is 0.0611. The fourth-order valence-corrected chi connectivity index (χ4v) is 2.11. The molecule has 0 spiro atoms. The van der Waals surface area contributed by atoms with E-state index in [9.17, 15) is 0 Å². The van der Waals surface area contributed by atoms with Crippen molar-refractivity contribution in [2.45, 2.75) is 46.4 Å². The monoisotopic (exact) mass is 189 g/mol. The molecule has 0 aliphatic heterocycles. The van der Waals surface area contributed by atoms with E-state index in [2.05, 4.69) is 33.9 Å². The molecular formula is C9H21O2Si. The average molecular weight is 189 g/mol. The Hall–Kier alpha value is 0.137. The molecule has 0 saturated heterocycles. The molecule has 0 aromatic carbocycles. The summed E-state index contributed by atoms with van der Waals surface area (Å²) >= 11 is 0. The predicted molar refractivity (Wildman–Crippen MR) is 53.5 cm³/mol. The van der Waals surface area contributed by atoms with Gasteiger partial charge in [-0.2, -0.15) is 0 Å². The molecule has 0 aliphatic carbocycles. The smallest absolute Gasteiger partial charge is 0.205 e. The summed E-state index contributed by atoms with van der Waals surface area (Å²) in [5, 5.41) is 8.84. The second kappa shape index (κ2) is 4.99. The van der Waals surface area contributed by atoms with E-state index >= 15 is 0 Å². The first-order chi connectivity index (χ1) is 5.38. The molecule has 1 N–H and O–H groups in total. The number of aliphatic hydroxyl groups is 1. The number of hydrogen-bond acceptors (Lipinski definition) is 2. The van der Waals surface area contributed by atoms with Gasteiger partial charge in [0.15, 0.2) is 0 Å². The van der Waals surface area contributed by atoms with Gasteiger partial charge in [0.25, 0.3) is 0 Å². The molecule has 1 unspecified atom stereocenters. The molecule has 12 heavy (non-hydrogen) atoms. The highest BCUT2D eigenvalue weighted by Gasteiger charge is 2.25. The van der Waals surface area contributed by atoms with Gasteiger partial charge in [-0.3, -0.25) is 0 Å². The molecule has 0 aromatic heterocycles. The molecular weight excluding hydrogens is 168 g/mol. The predicted octanol–water partition coefficient (Wildman–Crippen LogP) is 2.05. The van der Waals surface area contributed by atoms with Crippen LogP contribution in [0.4, 0.5) is 0 Å². The van der Waals surface area contributed by atoms with Crippen molar-refractivity contribution < 1.29 is 9.53 Å². The second-order valence-corrected chi connectivity index (χ2v) is 6.45. The summed E-state index contributed by atoms with van der Waals surface area (Å²) in [5.74, 6) is 0. The minimum absolute atomic E-state index is 0.144. The van der Waals surface area contributed by atoms with Gasteiger partial charge in [-0.25, -0.2) is 0 Å². The summed E-state index contributed by atoms with van der Waals surface area (Å²) in [6, 6.07) is 0. The molecule has 1 atom stereocenters. The minimum atomic E-state index is -0.649. The third kappa shape index (κ3) is 4.90. The van der Waals surface area contributed by atoms with Gasteiger partial charge < -0.3 is 9.53 Å². The summed E-state index contributed by atoms with van der Waals surface area (Å²) in [4.78, 5) is 0. The Morgan fingerprint density at radius 1 is 1.33 bits per heavy atom. The molecule has 1 radical (unpaired) electrons. The van der Waals surface area contributed by atoms with E-state index in [0.717, 1.165) is 6.42 Å². The van der Waals surface area contributed by atoms with Crippen LogP contribution in [0.1, 0.15) is 27.2 Å². The molecule has 0 fully saturated rings. The first-order valence-corrected chi connectivity index (χ1v) is 6.86. The Kier molecular flexibility index (Phi) is 5.05. The Morgan fingerprint density at radius 2 is 1.83 bits per heavy atom. The van der Waals surface area contributed by atoms with Gasteiger partial charge in [0.05, 0.1) is 6.10 Å². The maximum absolute atomic E-state index is 8.84. The van der Waals surface area contributed by atoms with Crippen LogP contribution >= 0.6 is 0 Å². The Balaban J connectivity index is 4.04. The lowest BCUT2D eigenvalue weighted by atomic mass is 9.87. The third-order valence-electron chi connectivity index (χ3n) is 1.74. The molecule has 0 aliphatic rings. The highest BCUT2D eigenvalue weighted by Crippen LogP contribution is 2.25. The Morgan fingerprint density at radius 3 is 2.08 bits per heavy atom. The van der Waals surface area contributed by atoms with Crippen molar-refractivity contribution in [2.75, 3.05) is 6.61 Å². The fourth-order valence-electron chi connectivity index (χ4n) is 1.07. The van der Waals surface area contributed by atoms with E-state index in [1.165, 1.54) is 0 Å². The standard InChI is InChI=1S/C9H21O2Si/c1-9(2,3)8(6-7-10)11-12(4)5/h8,10H,6-7H2,1-5H3. The Labute approximate surface area is 77.7 Å². The SMILES string of the molecule is C[Si](C)OC(CCO)C(C)(C)C. The molecule has 0 aromatic rings. The lowest BCUT2D eigenvalue weighted by Crippen LogP contribution is -2.33. The Bertz CT molecular complexity index is 118. The zero-order valence-corrected chi connectivity index (χ0v) is 9.85. The summed E-state index contributed by atoms with van der Waals surface area (Å²) in [5.41, 5.74) is 0.144. The molecule has 0 saturated carbocycles. The van der Waals surface area contributed by atoms with Crippen molar-refractivity contribution >= 4 is 9.04 Å². The highest BCUT2D eigenvalue weighted by molar-refractivity contribution is 6.48. The number of aliphatic hydroxyl groups excluding tert-OH is 1. The maximum Gasteiger partial charge on any atom is 0.205 e. The van der Waals surface area contributed by atoms with Gasteiger partial charge in [0, 0.05) is 6.61 Å². The summed E-state index contributed by atoms with van der Waals surface area (Å²) in [6.07, 6.45) is 0.950. The van der Waals surface area contributed by atoms with Gasteiger partial charge >= 0.3 is 0 Å². The summed E-state index contributed by atoms with van der Waals surface area (Å²) in [6.45, 7) is 10.9. The van der Waals surface area contributed by atoms with Crippen LogP contribution in [0.3, 0.4) is 0 Å². The number of hydrogen-bond donors (Lipinski definition) is 1. The molecule has 2 nitrogen and oxygen atoms in total. The van der Waals surface area contributed by atoms with Gasteiger partial charge in [-0.05, 0) is 24.9 Å². The molecule has 0 bridgehead atoms. The topological polar surface area (TPSA) is 29.5 Å². The van der Waals surface area contributed by atoms with Crippen LogP contribution in [-0.2, 0) is 4.43 Å². The van der Waals surface area contributed by atoms with Crippen molar-refractivity contribution in [3.63, 3.8) is 0 Å². The van der Waals surface area contributed by atoms with Gasteiger partial charge in [0.2, 0.25) is 9.04 Å². The van der Waals surface area contributed by atoms with Crippen molar-refractivity contribution in [1.29, 1.82) is 0 Å². The van der Waals surface area contributed by atoms with Crippen molar-refractivity contribution in [2.24, 2.45) is 5.41 Å². The first kappa shape index (κ1) is 12.1. The largest absolute Gasteiger partial charge is 0.414 e. The van der Waals surface area contributed by atoms with E-state index in [1.807, 2.05) is 0 Å². The number of rotatable bonds is 4. The van der Waals surface area contributed by atoms with Crippen LogP contribution < -0.4 is 0 Å². The lowest BCUT2D eigenvalue weighted by Gasteiger charge is -2.31. The van der Waals surface area contributed by atoms with E-state index in [1.54, 1.807) is 0 Å². The zero-order valence-electron chi connectivity index (χ0n) is 8.85. The molecule has 73 valence electrons. The van der Waals surface area contributed by atoms with Crippen LogP contribution in [0.2, 0.25) is 13.1 Å². The summed E-state index contributed by atoms with van der Waals surface area (Å²) in [7, 11) is -0.649. The first-order valence-electron chi connectivity index (χ1n) is 4.45. The second-order valence-electron chi connectivity index (χ2n) is 4.39. The van der Waals surface area contributed by atoms with Crippen molar-refractivity contribution in [1.82, 2.24) is 0 Å². The van der Waals surface area contributed by atoms with Crippen molar-refractivity contribution in [3.8, 4) is 0 Å². The fraction of sp³-hybridized carbons (Fsp3) is 1.00. The minimum Gasteiger partial charge on any atom is -0.414 e. The highest BCUT2D eigenvalue weighted by atomic mass is 28.3. The molecule has 3 heteroatoms. The third-order valence-corrected chi connectivity index (χ3v) is 2.49. The average Bonchev–Trinajstić information content (AvgIpc) is 1.83. The van der Waals surface area contributed by atoms with E-state index < -0.39 is 9.04 Å².